The summed E-state index contributed by atoms with van der Waals surface area (Å²) >= 11 is 1.44. The van der Waals surface area contributed by atoms with E-state index in [-0.39, 0.29) is 17.2 Å². The molecule has 2 N–H and O–H groups in total. The van der Waals surface area contributed by atoms with Crippen molar-refractivity contribution in [1.29, 1.82) is 0 Å². The summed E-state index contributed by atoms with van der Waals surface area (Å²) in [5.74, 6) is -0.0986. The smallest absolute Gasteiger partial charge is 0.415 e. The number of ether oxygens (including phenoxy) is 1. The predicted molar refractivity (Wildman–Crippen MR) is 142 cm³/mol. The maximum Gasteiger partial charge on any atom is 0.415 e. The van der Waals surface area contributed by atoms with E-state index in [2.05, 4.69) is 16.6 Å². The van der Waals surface area contributed by atoms with E-state index in [4.69, 9.17) is 4.74 Å². The summed E-state index contributed by atoms with van der Waals surface area (Å²) in [5.41, 5.74) is 3.11. The van der Waals surface area contributed by atoms with Gasteiger partial charge in [0.1, 0.15) is 5.75 Å². The Balaban J connectivity index is 1.93. The summed E-state index contributed by atoms with van der Waals surface area (Å²) in [7, 11) is -1.16. The van der Waals surface area contributed by atoms with Crippen molar-refractivity contribution in [1.82, 2.24) is 14.2 Å². The minimum atomic E-state index is -3.92. The molecule has 2 aromatic carbocycles. The molecule has 0 saturated carbocycles. The van der Waals surface area contributed by atoms with Gasteiger partial charge in [-0.2, -0.15) is 12.7 Å². The third kappa shape index (κ3) is 7.67. The number of aromatic nitrogens is 1. The Kier molecular flexibility index (Phi) is 9.68. The van der Waals surface area contributed by atoms with Gasteiger partial charge in [-0.1, -0.05) is 50.1 Å². The standard InChI is InChI=1S/C25H32N4O5S2/c1-4-5-9-12-29(17-21-16-26-18-35-21)25(31)34-24-14-20(13-19-10-7-6-8-11-19)23(30)15-22(24)27-36(32,33)28(2)3/h6-8,10-11,14-16,18,27,30H,4-5,9,12-13,17H2,1-3H3. The molecule has 11 heteroatoms. The molecule has 0 saturated heterocycles. The molecule has 3 rings (SSSR count). The van der Waals surface area contributed by atoms with Gasteiger partial charge in [0.25, 0.3) is 0 Å². The molecule has 9 nitrogen and oxygen atoms in total. The SMILES string of the molecule is CCCCCN(Cc1cncs1)C(=O)Oc1cc(Cc2ccccc2)c(O)cc1NS(=O)(=O)N(C)C. The molecular formula is C25H32N4O5S2. The molecule has 0 unspecified atom stereocenters. The second-order valence-electron chi connectivity index (χ2n) is 8.49. The molecule has 0 aliphatic rings. The summed E-state index contributed by atoms with van der Waals surface area (Å²) in [4.78, 5) is 19.8. The number of amides is 1. The number of nitrogens with one attached hydrogen (secondary N) is 1. The molecule has 36 heavy (non-hydrogen) atoms. The van der Waals surface area contributed by atoms with Gasteiger partial charge in [-0.05, 0) is 18.1 Å². The zero-order valence-corrected chi connectivity index (χ0v) is 22.3. The van der Waals surface area contributed by atoms with E-state index in [1.807, 2.05) is 30.3 Å². The van der Waals surface area contributed by atoms with Crippen molar-refractivity contribution in [2.45, 2.75) is 39.2 Å². The molecule has 1 amide bonds. The fraction of sp³-hybridized carbons (Fsp3) is 0.360. The van der Waals surface area contributed by atoms with E-state index < -0.39 is 16.3 Å². The number of anilines is 1. The number of benzene rings is 2. The van der Waals surface area contributed by atoms with E-state index in [1.54, 1.807) is 16.6 Å². The van der Waals surface area contributed by atoms with Crippen LogP contribution in [0, 0.1) is 0 Å². The van der Waals surface area contributed by atoms with Crippen LogP contribution in [0.15, 0.2) is 54.2 Å². The van der Waals surface area contributed by atoms with Gasteiger partial charge in [0.15, 0.2) is 5.75 Å². The lowest BCUT2D eigenvalue weighted by Gasteiger charge is -2.23. The van der Waals surface area contributed by atoms with Crippen molar-refractivity contribution in [3.63, 3.8) is 0 Å². The first-order valence-corrected chi connectivity index (χ1v) is 14.0. The number of phenols is 1. The minimum absolute atomic E-state index is 0.0129. The Bertz CT molecular complexity index is 1230. The van der Waals surface area contributed by atoms with Crippen molar-refractivity contribution < 1.29 is 23.1 Å². The van der Waals surface area contributed by atoms with Crippen LogP contribution in [-0.4, -0.2) is 54.4 Å². The van der Waals surface area contributed by atoms with Crippen LogP contribution in [0.25, 0.3) is 0 Å². The van der Waals surface area contributed by atoms with Gasteiger partial charge in [0, 0.05) is 49.8 Å². The normalized spacial score (nSPS) is 11.4. The molecule has 0 aliphatic heterocycles. The summed E-state index contributed by atoms with van der Waals surface area (Å²) < 4.78 is 34.2. The Morgan fingerprint density at radius 2 is 1.92 bits per heavy atom. The first kappa shape index (κ1) is 27.4. The number of carbonyl (C=O) groups excluding carboxylic acids is 1. The van der Waals surface area contributed by atoms with Gasteiger partial charge < -0.3 is 14.7 Å². The number of thiazole rings is 1. The Morgan fingerprint density at radius 3 is 2.56 bits per heavy atom. The highest BCUT2D eigenvalue weighted by molar-refractivity contribution is 7.90. The zero-order chi connectivity index (χ0) is 26.1. The number of hydrogen-bond acceptors (Lipinski definition) is 7. The second kappa shape index (κ2) is 12.7. The number of unbranched alkanes of at least 4 members (excludes halogenated alkanes) is 2. The van der Waals surface area contributed by atoms with Crippen molar-refractivity contribution in [2.75, 3.05) is 25.4 Å². The summed E-state index contributed by atoms with van der Waals surface area (Å²) in [6.45, 7) is 2.90. The lowest BCUT2D eigenvalue weighted by Crippen LogP contribution is -2.34. The highest BCUT2D eigenvalue weighted by atomic mass is 32.2. The number of nitrogens with zero attached hydrogens (tertiary/aromatic N) is 3. The van der Waals surface area contributed by atoms with Crippen LogP contribution in [0.3, 0.4) is 0 Å². The zero-order valence-electron chi connectivity index (χ0n) is 20.7. The fourth-order valence-corrected chi connectivity index (χ4v) is 4.65. The predicted octanol–water partition coefficient (Wildman–Crippen LogP) is 4.85. The van der Waals surface area contributed by atoms with Crippen LogP contribution < -0.4 is 9.46 Å². The molecule has 0 spiro atoms. The van der Waals surface area contributed by atoms with E-state index in [1.165, 1.54) is 37.6 Å². The van der Waals surface area contributed by atoms with E-state index in [0.29, 0.717) is 25.1 Å². The molecule has 3 aromatic rings. The number of phenolic OH excluding ortho intramolecular Hbond substituents is 1. The van der Waals surface area contributed by atoms with Gasteiger partial charge in [-0.3, -0.25) is 9.71 Å². The third-order valence-corrected chi connectivity index (χ3v) is 7.66. The first-order valence-electron chi connectivity index (χ1n) is 11.6. The largest absolute Gasteiger partial charge is 0.508 e. The van der Waals surface area contributed by atoms with Gasteiger partial charge in [-0.25, -0.2) is 4.79 Å². The van der Waals surface area contributed by atoms with Gasteiger partial charge in [0.05, 0.1) is 17.7 Å². The quantitative estimate of drug-likeness (QED) is 0.323. The average molecular weight is 533 g/mol. The maximum atomic E-state index is 13.3. The summed E-state index contributed by atoms with van der Waals surface area (Å²) in [5, 5.41) is 10.7. The van der Waals surface area contributed by atoms with E-state index >= 15 is 0 Å². The Morgan fingerprint density at radius 1 is 1.17 bits per heavy atom. The lowest BCUT2D eigenvalue weighted by molar-refractivity contribution is 0.149. The number of rotatable bonds is 12. The van der Waals surface area contributed by atoms with Crippen LogP contribution in [0.5, 0.6) is 11.5 Å². The van der Waals surface area contributed by atoms with E-state index in [0.717, 1.165) is 34.0 Å². The van der Waals surface area contributed by atoms with Gasteiger partial charge in [-0.15, -0.1) is 11.3 Å². The van der Waals surface area contributed by atoms with Crippen molar-refractivity contribution in [2.24, 2.45) is 0 Å². The average Bonchev–Trinajstić information content (AvgIpc) is 3.35. The van der Waals surface area contributed by atoms with Gasteiger partial charge in [0.2, 0.25) is 0 Å². The number of aromatic hydroxyl groups is 1. The van der Waals surface area contributed by atoms with Crippen molar-refractivity contribution in [3.05, 3.63) is 70.2 Å². The maximum absolute atomic E-state index is 13.3. The molecule has 0 bridgehead atoms. The Hall–Kier alpha value is -3.15. The lowest BCUT2D eigenvalue weighted by atomic mass is 10.0. The summed E-state index contributed by atoms with van der Waals surface area (Å²) in [6, 6.07) is 12.3. The van der Waals surface area contributed by atoms with Crippen molar-refractivity contribution >= 4 is 33.3 Å². The van der Waals surface area contributed by atoms with Crippen LogP contribution in [0.1, 0.15) is 42.2 Å². The van der Waals surface area contributed by atoms with Crippen molar-refractivity contribution in [3.8, 4) is 11.5 Å². The molecule has 0 aliphatic carbocycles. The highest BCUT2D eigenvalue weighted by Gasteiger charge is 2.23. The van der Waals surface area contributed by atoms with E-state index in [9.17, 15) is 18.3 Å². The number of hydrogen-bond donors (Lipinski definition) is 2. The van der Waals surface area contributed by atoms with Crippen LogP contribution in [0.4, 0.5) is 10.5 Å². The minimum Gasteiger partial charge on any atom is -0.508 e. The fourth-order valence-electron chi connectivity index (χ4n) is 3.42. The molecule has 1 aromatic heterocycles. The second-order valence-corrected chi connectivity index (χ2v) is 11.3. The summed E-state index contributed by atoms with van der Waals surface area (Å²) in [6.07, 6.45) is 4.24. The van der Waals surface area contributed by atoms with Crippen LogP contribution in [0.2, 0.25) is 0 Å². The topological polar surface area (TPSA) is 112 Å². The highest BCUT2D eigenvalue weighted by Crippen LogP contribution is 2.35. The third-order valence-electron chi connectivity index (χ3n) is 5.46. The van der Waals surface area contributed by atoms with Crippen LogP contribution >= 0.6 is 11.3 Å². The van der Waals surface area contributed by atoms with Gasteiger partial charge >= 0.3 is 16.3 Å². The molecule has 0 fully saturated rings. The molecule has 0 radical (unpaired) electrons. The Labute approximate surface area is 216 Å². The molecule has 1 heterocycles. The number of carbonyl (C=O) groups is 1. The molecule has 194 valence electrons. The van der Waals surface area contributed by atoms with Crippen LogP contribution in [-0.2, 0) is 23.2 Å². The molecule has 0 atom stereocenters. The monoisotopic (exact) mass is 532 g/mol. The molecular weight excluding hydrogens is 500 g/mol. The first-order chi connectivity index (χ1) is 17.2.